The van der Waals surface area contributed by atoms with Gasteiger partial charge in [-0.1, -0.05) is 0 Å². The number of nitrogens with one attached hydrogen (secondary N) is 2. The van der Waals surface area contributed by atoms with E-state index in [0.29, 0.717) is 29.5 Å². The van der Waals surface area contributed by atoms with Gasteiger partial charge >= 0.3 is 0 Å². The van der Waals surface area contributed by atoms with Gasteiger partial charge in [0.15, 0.2) is 17.3 Å². The van der Waals surface area contributed by atoms with Crippen LogP contribution in [0.25, 0.3) is 0 Å². The minimum absolute atomic E-state index is 0.250. The van der Waals surface area contributed by atoms with E-state index >= 15 is 0 Å². The Balaban J connectivity index is 2.07. The Hall–Kier alpha value is -3.43. The summed E-state index contributed by atoms with van der Waals surface area (Å²) >= 11 is 0. The smallest absolute Gasteiger partial charge is 0.274 e. The number of rotatable bonds is 11. The van der Waals surface area contributed by atoms with Crippen LogP contribution in [0.1, 0.15) is 6.42 Å². The molecule has 0 aliphatic heterocycles. The summed E-state index contributed by atoms with van der Waals surface area (Å²) in [5.74, 6) is 1.58. The number of benzene rings is 1. The van der Waals surface area contributed by atoms with Crippen LogP contribution in [0.5, 0.6) is 17.2 Å². The van der Waals surface area contributed by atoms with Crippen molar-refractivity contribution >= 4 is 5.69 Å². The first-order valence-electron chi connectivity index (χ1n) is 8.19. The van der Waals surface area contributed by atoms with Gasteiger partial charge in [-0.05, 0) is 6.42 Å². The highest BCUT2D eigenvalue weighted by Crippen LogP contribution is 2.40. The Morgan fingerprint density at radius 2 is 1.96 bits per heavy atom. The number of methoxy groups -OCH3 is 3. The average molecular weight is 377 g/mol. The van der Waals surface area contributed by atoms with Gasteiger partial charge < -0.3 is 29.4 Å². The maximum absolute atomic E-state index is 10.9. The first kappa shape index (κ1) is 19.9. The molecule has 1 aromatic heterocycles. The van der Waals surface area contributed by atoms with Crippen LogP contribution in [-0.2, 0) is 6.54 Å². The first-order valence-corrected chi connectivity index (χ1v) is 8.19. The van der Waals surface area contributed by atoms with Crippen molar-refractivity contribution in [2.24, 2.45) is 0 Å². The molecule has 0 spiro atoms. The summed E-state index contributed by atoms with van der Waals surface area (Å²) in [7, 11) is 4.51. The highest BCUT2D eigenvalue weighted by Gasteiger charge is 2.14. The van der Waals surface area contributed by atoms with Crippen LogP contribution in [-0.4, -0.2) is 42.3 Å². The van der Waals surface area contributed by atoms with Crippen LogP contribution in [0.2, 0.25) is 0 Å². The molecule has 27 heavy (non-hydrogen) atoms. The Bertz CT molecular complexity index is 751. The molecular formula is C17H23N5O5. The average Bonchev–Trinajstić information content (AvgIpc) is 3.17. The van der Waals surface area contributed by atoms with Crippen LogP contribution in [0, 0.1) is 10.1 Å². The van der Waals surface area contributed by atoms with Gasteiger partial charge in [0, 0.05) is 43.3 Å². The number of aryl methyl sites for hydroxylation is 1. The third kappa shape index (κ3) is 5.80. The van der Waals surface area contributed by atoms with Crippen molar-refractivity contribution in [3.63, 3.8) is 0 Å². The van der Waals surface area contributed by atoms with Gasteiger partial charge in [-0.2, -0.15) is 0 Å². The summed E-state index contributed by atoms with van der Waals surface area (Å²) in [6, 6.07) is 3.34. The second-order valence-electron chi connectivity index (χ2n) is 5.45. The molecule has 0 bridgehead atoms. The van der Waals surface area contributed by atoms with Crippen LogP contribution >= 0.6 is 0 Å². The largest absolute Gasteiger partial charge is 0.493 e. The molecule has 2 rings (SSSR count). The minimum Gasteiger partial charge on any atom is -0.493 e. The van der Waals surface area contributed by atoms with Crippen molar-refractivity contribution in [3.8, 4) is 17.2 Å². The fourth-order valence-corrected chi connectivity index (χ4v) is 2.44. The van der Waals surface area contributed by atoms with Gasteiger partial charge in [-0.25, -0.2) is 4.98 Å². The number of nitro groups is 1. The molecule has 0 saturated carbocycles. The van der Waals surface area contributed by atoms with Gasteiger partial charge in [-0.15, -0.1) is 0 Å². The number of anilines is 1. The van der Waals surface area contributed by atoms with Crippen LogP contribution in [0.15, 0.2) is 42.9 Å². The molecule has 0 amide bonds. The Morgan fingerprint density at radius 3 is 2.48 bits per heavy atom. The summed E-state index contributed by atoms with van der Waals surface area (Å²) in [5, 5.41) is 16.9. The fraction of sp³-hybridized carbons (Fsp3) is 0.353. The van der Waals surface area contributed by atoms with Crippen molar-refractivity contribution in [2.75, 3.05) is 33.2 Å². The van der Waals surface area contributed by atoms with Crippen LogP contribution < -0.4 is 24.8 Å². The SMILES string of the molecule is COc1cc(N/C(=C\[N+](=O)[O-])NCCCn2ccnc2)cc(OC)c1OC. The zero-order valence-electron chi connectivity index (χ0n) is 15.5. The molecule has 0 atom stereocenters. The van der Waals surface area contributed by atoms with E-state index in [9.17, 15) is 10.1 Å². The van der Waals surface area contributed by atoms with Crippen molar-refractivity contribution in [1.82, 2.24) is 14.9 Å². The molecule has 0 unspecified atom stereocenters. The molecular weight excluding hydrogens is 354 g/mol. The number of ether oxygens (including phenoxy) is 3. The predicted octanol–water partition coefficient (Wildman–Crippen LogP) is 2.08. The molecule has 1 heterocycles. The monoisotopic (exact) mass is 377 g/mol. The predicted molar refractivity (Wildman–Crippen MR) is 99.6 cm³/mol. The Labute approximate surface area is 156 Å². The summed E-state index contributed by atoms with van der Waals surface area (Å²) in [5.41, 5.74) is 0.555. The van der Waals surface area contributed by atoms with E-state index in [1.54, 1.807) is 24.7 Å². The van der Waals surface area contributed by atoms with Crippen molar-refractivity contribution in [1.29, 1.82) is 0 Å². The van der Waals surface area contributed by atoms with E-state index in [2.05, 4.69) is 15.6 Å². The summed E-state index contributed by atoms with van der Waals surface area (Å²) in [6.07, 6.45) is 6.93. The Kier molecular flexibility index (Phi) is 7.29. The molecule has 0 radical (unpaired) electrons. The van der Waals surface area contributed by atoms with E-state index in [4.69, 9.17) is 14.2 Å². The van der Waals surface area contributed by atoms with Gasteiger partial charge in [0.25, 0.3) is 6.20 Å². The number of hydrogen-bond donors (Lipinski definition) is 2. The van der Waals surface area contributed by atoms with E-state index in [1.165, 1.54) is 21.3 Å². The van der Waals surface area contributed by atoms with E-state index < -0.39 is 4.92 Å². The number of aromatic nitrogens is 2. The number of nitrogens with zero attached hydrogens (tertiary/aromatic N) is 3. The van der Waals surface area contributed by atoms with E-state index in [0.717, 1.165) is 19.2 Å². The van der Waals surface area contributed by atoms with E-state index in [-0.39, 0.29) is 5.82 Å². The lowest BCUT2D eigenvalue weighted by molar-refractivity contribution is -0.403. The summed E-state index contributed by atoms with van der Waals surface area (Å²) in [6.45, 7) is 1.29. The lowest BCUT2D eigenvalue weighted by Crippen LogP contribution is -2.23. The maximum atomic E-state index is 10.9. The second-order valence-corrected chi connectivity index (χ2v) is 5.45. The molecule has 2 N–H and O–H groups in total. The first-order chi connectivity index (χ1) is 13.1. The molecule has 146 valence electrons. The number of imidazole rings is 1. The normalized spacial score (nSPS) is 11.0. The van der Waals surface area contributed by atoms with Gasteiger partial charge in [0.05, 0.1) is 32.6 Å². The van der Waals surface area contributed by atoms with Gasteiger partial charge in [0.2, 0.25) is 5.75 Å². The van der Waals surface area contributed by atoms with Crippen molar-refractivity contribution in [2.45, 2.75) is 13.0 Å². The topological polar surface area (TPSA) is 113 Å². The zero-order chi connectivity index (χ0) is 19.6. The second kappa shape index (κ2) is 9.90. The molecule has 0 saturated heterocycles. The fourth-order valence-electron chi connectivity index (χ4n) is 2.44. The maximum Gasteiger partial charge on any atom is 0.274 e. The molecule has 2 aromatic rings. The molecule has 0 fully saturated rings. The molecule has 1 aromatic carbocycles. The molecule has 10 nitrogen and oxygen atoms in total. The quantitative estimate of drug-likeness (QED) is 0.348. The van der Waals surface area contributed by atoms with Gasteiger partial charge in [-0.3, -0.25) is 10.1 Å². The van der Waals surface area contributed by atoms with Crippen molar-refractivity contribution < 1.29 is 19.1 Å². The highest BCUT2D eigenvalue weighted by molar-refractivity contribution is 5.63. The molecule has 10 heteroatoms. The Morgan fingerprint density at radius 1 is 1.26 bits per heavy atom. The van der Waals surface area contributed by atoms with Crippen LogP contribution in [0.4, 0.5) is 5.69 Å². The standard InChI is InChI=1S/C17H23N5O5/c1-25-14-9-13(10-15(26-2)17(14)27-3)20-16(11-22(23)24)19-5-4-7-21-8-6-18-12-21/h6,8-12,19-20H,4-5,7H2,1-3H3/b16-11-. The number of hydrogen-bond acceptors (Lipinski definition) is 8. The minimum atomic E-state index is -0.525. The zero-order valence-corrected chi connectivity index (χ0v) is 15.5. The lowest BCUT2D eigenvalue weighted by atomic mass is 10.2. The third-order valence-electron chi connectivity index (χ3n) is 3.65. The molecule has 0 aliphatic rings. The lowest BCUT2D eigenvalue weighted by Gasteiger charge is -2.16. The summed E-state index contributed by atoms with van der Waals surface area (Å²) < 4.78 is 17.8. The van der Waals surface area contributed by atoms with Gasteiger partial charge in [0.1, 0.15) is 0 Å². The molecule has 0 aliphatic carbocycles. The van der Waals surface area contributed by atoms with Crippen LogP contribution in [0.3, 0.4) is 0 Å². The third-order valence-corrected chi connectivity index (χ3v) is 3.65. The summed E-state index contributed by atoms with van der Waals surface area (Å²) in [4.78, 5) is 14.4. The highest BCUT2D eigenvalue weighted by atomic mass is 16.6. The van der Waals surface area contributed by atoms with Crippen molar-refractivity contribution in [3.05, 3.63) is 53.0 Å². The van der Waals surface area contributed by atoms with E-state index in [1.807, 2.05) is 10.8 Å².